The van der Waals surface area contributed by atoms with Gasteiger partial charge in [0.1, 0.15) is 6.61 Å². The highest BCUT2D eigenvalue weighted by molar-refractivity contribution is 7.99. The lowest BCUT2D eigenvalue weighted by Gasteiger charge is -2.03. The van der Waals surface area contributed by atoms with Gasteiger partial charge in [0.15, 0.2) is 5.09 Å². The predicted octanol–water partition coefficient (Wildman–Crippen LogP) is 7.82. The van der Waals surface area contributed by atoms with Crippen LogP contribution in [-0.2, 0) is 11.3 Å². The minimum Gasteiger partial charge on any atom is -0.453 e. The molecule has 0 N–H and O–H groups in total. The van der Waals surface area contributed by atoms with Gasteiger partial charge in [-0.2, -0.15) is 0 Å². The summed E-state index contributed by atoms with van der Waals surface area (Å²) in [6.45, 7) is 2.42. The summed E-state index contributed by atoms with van der Waals surface area (Å²) in [5.74, 6) is 0.828. The average Bonchev–Trinajstić information content (AvgIpc) is 3.25. The molecule has 166 valence electrons. The van der Waals surface area contributed by atoms with Gasteiger partial charge in [-0.05, 0) is 30.7 Å². The van der Waals surface area contributed by atoms with Crippen molar-refractivity contribution in [2.45, 2.75) is 95.7 Å². The lowest BCUT2D eigenvalue weighted by Crippen LogP contribution is -2.04. The number of nitrogens with zero attached hydrogens (tertiary/aromatic N) is 1. The van der Waals surface area contributed by atoms with Crippen LogP contribution in [0.25, 0.3) is 0 Å². The zero-order valence-electron chi connectivity index (χ0n) is 18.4. The van der Waals surface area contributed by atoms with Crippen LogP contribution in [0.5, 0.6) is 0 Å². The third-order valence-corrected chi connectivity index (χ3v) is 6.10. The molecule has 0 bridgehead atoms. The number of rotatable bonds is 17. The summed E-state index contributed by atoms with van der Waals surface area (Å²) in [5.41, 5.74) is 0.721. The van der Waals surface area contributed by atoms with E-state index in [0.717, 1.165) is 16.5 Å². The molecule has 0 unspecified atom stereocenters. The van der Waals surface area contributed by atoms with Crippen LogP contribution in [0.2, 0.25) is 0 Å². The summed E-state index contributed by atoms with van der Waals surface area (Å²) >= 11 is 1.67. The molecule has 2 heterocycles. The van der Waals surface area contributed by atoms with Crippen molar-refractivity contribution in [2.75, 3.05) is 5.75 Å². The summed E-state index contributed by atoms with van der Waals surface area (Å²) in [4.78, 5) is 16.2. The number of hydrogen-bond donors (Lipinski definition) is 0. The molecular weight excluding hydrogens is 394 g/mol. The fraction of sp³-hybridized carbons (Fsp3) is 0.600. The molecule has 30 heavy (non-hydrogen) atoms. The maximum absolute atomic E-state index is 12.1. The summed E-state index contributed by atoms with van der Waals surface area (Å²) < 4.78 is 10.9. The molecule has 0 aliphatic rings. The molecule has 0 aliphatic heterocycles. The van der Waals surface area contributed by atoms with E-state index in [1.165, 1.54) is 77.0 Å². The molecule has 5 heteroatoms. The Morgan fingerprint density at radius 3 is 2.20 bits per heavy atom. The summed E-state index contributed by atoms with van der Waals surface area (Å²) in [7, 11) is 0. The second-order valence-electron chi connectivity index (χ2n) is 7.75. The first-order chi connectivity index (χ1) is 14.8. The Morgan fingerprint density at radius 1 is 0.900 bits per heavy atom. The minimum atomic E-state index is -0.446. The first-order valence-electron chi connectivity index (χ1n) is 11.6. The summed E-state index contributed by atoms with van der Waals surface area (Å²) in [6, 6.07) is 9.06. The minimum absolute atomic E-state index is 0.154. The van der Waals surface area contributed by atoms with E-state index >= 15 is 0 Å². The normalized spacial score (nSPS) is 11.0. The maximum atomic E-state index is 12.1. The van der Waals surface area contributed by atoms with E-state index in [1.54, 1.807) is 24.0 Å². The fourth-order valence-corrected chi connectivity index (χ4v) is 4.18. The number of thioether (sulfide) groups is 1. The van der Waals surface area contributed by atoms with Gasteiger partial charge in [-0.3, -0.25) is 4.98 Å². The standard InChI is InChI=1S/C25H37NO3S/c1-2-3-4-5-6-7-8-9-10-11-12-15-20-30-24-18-17-23(29-24)25(27)28-21-22-16-13-14-19-26-22/h13-14,16-19H,2-12,15,20-21H2,1H3. The molecule has 2 aromatic heterocycles. The maximum Gasteiger partial charge on any atom is 0.374 e. The molecule has 0 amide bonds. The van der Waals surface area contributed by atoms with Crippen LogP contribution in [0.15, 0.2) is 46.0 Å². The third-order valence-electron chi connectivity index (χ3n) is 5.10. The number of carbonyl (C=O) groups is 1. The smallest absolute Gasteiger partial charge is 0.374 e. The van der Waals surface area contributed by atoms with Crippen molar-refractivity contribution in [1.29, 1.82) is 0 Å². The SMILES string of the molecule is CCCCCCCCCCCCCCSc1ccc(C(=O)OCc2ccccn2)o1. The number of pyridine rings is 1. The fourth-order valence-electron chi connectivity index (χ4n) is 3.32. The van der Waals surface area contributed by atoms with Gasteiger partial charge in [-0.25, -0.2) is 4.79 Å². The van der Waals surface area contributed by atoms with Crippen molar-refractivity contribution in [3.05, 3.63) is 48.0 Å². The van der Waals surface area contributed by atoms with Gasteiger partial charge in [0.05, 0.1) is 5.69 Å². The molecule has 0 atom stereocenters. The highest BCUT2D eigenvalue weighted by Gasteiger charge is 2.13. The van der Waals surface area contributed by atoms with Gasteiger partial charge >= 0.3 is 5.97 Å². The van der Waals surface area contributed by atoms with Crippen LogP contribution < -0.4 is 0 Å². The van der Waals surface area contributed by atoms with Gasteiger partial charge in [0, 0.05) is 11.9 Å². The lowest BCUT2D eigenvalue weighted by atomic mass is 10.1. The van der Waals surface area contributed by atoms with Gasteiger partial charge in [0.25, 0.3) is 0 Å². The molecule has 0 fully saturated rings. The Bertz CT molecular complexity index is 687. The van der Waals surface area contributed by atoms with E-state index in [4.69, 9.17) is 9.15 Å². The van der Waals surface area contributed by atoms with Gasteiger partial charge in [-0.15, -0.1) is 0 Å². The number of ether oxygens (including phenoxy) is 1. The van der Waals surface area contributed by atoms with E-state index in [0.29, 0.717) is 0 Å². The Balaban J connectivity index is 1.45. The molecular formula is C25H37NO3S. The summed E-state index contributed by atoms with van der Waals surface area (Å²) in [5, 5.41) is 0.780. The van der Waals surface area contributed by atoms with Crippen LogP contribution in [0.4, 0.5) is 0 Å². The quantitative estimate of drug-likeness (QED) is 0.145. The molecule has 0 aliphatic carbocycles. The van der Waals surface area contributed by atoms with Gasteiger partial charge in [0.2, 0.25) is 5.76 Å². The largest absolute Gasteiger partial charge is 0.453 e. The van der Waals surface area contributed by atoms with Crippen LogP contribution in [0.1, 0.15) is 100 Å². The number of aromatic nitrogens is 1. The second-order valence-corrected chi connectivity index (χ2v) is 8.85. The van der Waals surface area contributed by atoms with Crippen molar-refractivity contribution in [3.63, 3.8) is 0 Å². The Kier molecular flexibility index (Phi) is 13.1. The highest BCUT2D eigenvalue weighted by atomic mass is 32.2. The molecule has 4 nitrogen and oxygen atoms in total. The molecule has 2 rings (SSSR count). The van der Waals surface area contributed by atoms with E-state index in [2.05, 4.69) is 11.9 Å². The number of unbranched alkanes of at least 4 members (excludes halogenated alkanes) is 11. The molecule has 0 saturated carbocycles. The third kappa shape index (κ3) is 10.9. The first kappa shape index (κ1) is 24.5. The number of esters is 1. The molecule has 0 aromatic carbocycles. The first-order valence-corrected chi connectivity index (χ1v) is 12.6. The molecule has 0 radical (unpaired) electrons. The van der Waals surface area contributed by atoms with E-state index < -0.39 is 5.97 Å². The number of hydrogen-bond acceptors (Lipinski definition) is 5. The van der Waals surface area contributed by atoms with Crippen LogP contribution in [0, 0.1) is 0 Å². The van der Waals surface area contributed by atoms with Crippen molar-refractivity contribution in [3.8, 4) is 0 Å². The van der Waals surface area contributed by atoms with E-state index in [1.807, 2.05) is 24.3 Å². The number of furan rings is 1. The van der Waals surface area contributed by atoms with E-state index in [-0.39, 0.29) is 12.4 Å². The average molecular weight is 432 g/mol. The topological polar surface area (TPSA) is 52.3 Å². The van der Waals surface area contributed by atoms with Crippen molar-refractivity contribution >= 4 is 17.7 Å². The predicted molar refractivity (Wildman–Crippen MR) is 124 cm³/mol. The van der Waals surface area contributed by atoms with Crippen molar-refractivity contribution in [1.82, 2.24) is 4.98 Å². The zero-order chi connectivity index (χ0) is 21.3. The molecule has 0 spiro atoms. The Labute approximate surface area is 186 Å². The Morgan fingerprint density at radius 2 is 1.57 bits per heavy atom. The number of carbonyl (C=O) groups excluding carboxylic acids is 1. The van der Waals surface area contributed by atoms with Crippen LogP contribution in [0.3, 0.4) is 0 Å². The van der Waals surface area contributed by atoms with Gasteiger partial charge in [-0.1, -0.05) is 95.4 Å². The lowest BCUT2D eigenvalue weighted by molar-refractivity contribution is 0.0425. The molecule has 2 aromatic rings. The van der Waals surface area contributed by atoms with Crippen molar-refractivity contribution < 1.29 is 13.9 Å². The van der Waals surface area contributed by atoms with Crippen LogP contribution in [-0.4, -0.2) is 16.7 Å². The van der Waals surface area contributed by atoms with Crippen molar-refractivity contribution in [2.24, 2.45) is 0 Å². The second kappa shape index (κ2) is 16.0. The van der Waals surface area contributed by atoms with Crippen LogP contribution >= 0.6 is 11.8 Å². The van der Waals surface area contributed by atoms with Gasteiger partial charge < -0.3 is 9.15 Å². The van der Waals surface area contributed by atoms with E-state index in [9.17, 15) is 4.79 Å². The highest BCUT2D eigenvalue weighted by Crippen LogP contribution is 2.23. The Hall–Kier alpha value is -1.75. The molecule has 0 saturated heterocycles. The zero-order valence-corrected chi connectivity index (χ0v) is 19.3. The monoisotopic (exact) mass is 431 g/mol. The summed E-state index contributed by atoms with van der Waals surface area (Å²) in [6.07, 6.45) is 18.0.